The average molecular weight is 482 g/mol. The first-order chi connectivity index (χ1) is 14.8. The summed E-state index contributed by atoms with van der Waals surface area (Å²) in [6.07, 6.45) is 2.83. The highest BCUT2D eigenvalue weighted by Gasteiger charge is 2.23. The van der Waals surface area contributed by atoms with E-state index in [0.29, 0.717) is 32.8 Å². The van der Waals surface area contributed by atoms with E-state index in [4.69, 9.17) is 27.9 Å². The lowest BCUT2D eigenvalue weighted by Gasteiger charge is -2.14. The van der Waals surface area contributed by atoms with Gasteiger partial charge in [0, 0.05) is 39.9 Å². The SMILES string of the molecule is CC(=O)OCc1nc(C(C)CO)c(Sc2cc(Cl)cc(Cl)c2)n1Cc1cc[n+]([O-])cc1. The van der Waals surface area contributed by atoms with Gasteiger partial charge < -0.3 is 19.6 Å². The van der Waals surface area contributed by atoms with Crippen molar-refractivity contribution in [1.29, 1.82) is 0 Å². The lowest BCUT2D eigenvalue weighted by atomic mass is 10.1. The van der Waals surface area contributed by atoms with E-state index >= 15 is 0 Å². The van der Waals surface area contributed by atoms with Crippen LogP contribution < -0.4 is 4.73 Å². The second-order valence-corrected chi connectivity index (χ2v) is 8.88. The molecule has 0 aliphatic heterocycles. The average Bonchev–Trinajstić information content (AvgIpc) is 3.04. The van der Waals surface area contributed by atoms with Crippen molar-refractivity contribution < 1.29 is 19.4 Å². The molecule has 0 saturated carbocycles. The highest BCUT2D eigenvalue weighted by atomic mass is 35.5. The number of imidazole rings is 1. The summed E-state index contributed by atoms with van der Waals surface area (Å²) in [4.78, 5) is 16.9. The summed E-state index contributed by atoms with van der Waals surface area (Å²) in [6.45, 7) is 3.46. The molecule has 164 valence electrons. The van der Waals surface area contributed by atoms with E-state index in [1.807, 2.05) is 11.5 Å². The van der Waals surface area contributed by atoms with Crippen molar-refractivity contribution in [3.8, 4) is 0 Å². The Bertz CT molecular complexity index is 1050. The number of halogens is 2. The number of aliphatic hydroxyl groups is 1. The van der Waals surface area contributed by atoms with Gasteiger partial charge in [-0.05, 0) is 23.8 Å². The zero-order chi connectivity index (χ0) is 22.5. The standard InChI is InChI=1S/C21H21Cl2N3O4S/c1-13(11-27)20-21(31-18-8-16(22)7-17(23)9-18)26(19(24-20)12-30-14(2)28)10-15-3-5-25(29)6-4-15/h3-9,13,27H,10-12H2,1-2H3. The van der Waals surface area contributed by atoms with Crippen molar-refractivity contribution in [3.05, 3.63) is 75.1 Å². The van der Waals surface area contributed by atoms with Crippen molar-refractivity contribution in [1.82, 2.24) is 9.55 Å². The number of aromatic nitrogens is 3. The van der Waals surface area contributed by atoms with Gasteiger partial charge in [-0.1, -0.05) is 41.9 Å². The molecule has 1 unspecified atom stereocenters. The Morgan fingerprint density at radius 1 is 1.29 bits per heavy atom. The summed E-state index contributed by atoms with van der Waals surface area (Å²) in [6, 6.07) is 8.65. The largest absolute Gasteiger partial charge is 0.619 e. The fraction of sp³-hybridized carbons (Fsp3) is 0.286. The second-order valence-electron chi connectivity index (χ2n) is 6.94. The number of carbonyl (C=O) groups is 1. The van der Waals surface area contributed by atoms with Gasteiger partial charge in [0.2, 0.25) is 0 Å². The molecule has 1 atom stereocenters. The molecule has 3 aromatic rings. The smallest absolute Gasteiger partial charge is 0.303 e. The molecule has 10 heteroatoms. The van der Waals surface area contributed by atoms with Gasteiger partial charge in [0.25, 0.3) is 0 Å². The maximum absolute atomic E-state index is 11.4. The number of hydrogen-bond donors (Lipinski definition) is 1. The highest BCUT2D eigenvalue weighted by molar-refractivity contribution is 7.99. The van der Waals surface area contributed by atoms with Crippen LogP contribution >= 0.6 is 35.0 Å². The van der Waals surface area contributed by atoms with E-state index in [9.17, 15) is 15.1 Å². The summed E-state index contributed by atoms with van der Waals surface area (Å²) in [5.41, 5.74) is 1.53. The molecule has 0 saturated heterocycles. The molecule has 1 N–H and O–H groups in total. The summed E-state index contributed by atoms with van der Waals surface area (Å²) >= 11 is 13.7. The highest BCUT2D eigenvalue weighted by Crippen LogP contribution is 2.37. The number of hydrogen-bond acceptors (Lipinski definition) is 6. The Morgan fingerprint density at radius 2 is 1.94 bits per heavy atom. The molecule has 0 aliphatic carbocycles. The first kappa shape index (κ1) is 23.4. The van der Waals surface area contributed by atoms with Crippen LogP contribution in [0, 0.1) is 5.21 Å². The zero-order valence-electron chi connectivity index (χ0n) is 16.9. The first-order valence-electron chi connectivity index (χ1n) is 9.42. The summed E-state index contributed by atoms with van der Waals surface area (Å²) in [5, 5.41) is 23.0. The summed E-state index contributed by atoms with van der Waals surface area (Å²) < 4.78 is 7.82. The molecule has 0 spiro atoms. The van der Waals surface area contributed by atoms with Crippen LogP contribution in [-0.4, -0.2) is 27.2 Å². The van der Waals surface area contributed by atoms with Crippen LogP contribution in [0.4, 0.5) is 0 Å². The van der Waals surface area contributed by atoms with Gasteiger partial charge in [-0.3, -0.25) is 4.79 Å². The Hall–Kier alpha value is -2.26. The van der Waals surface area contributed by atoms with Crippen molar-refractivity contribution >= 4 is 40.9 Å². The van der Waals surface area contributed by atoms with Gasteiger partial charge in [-0.2, -0.15) is 4.73 Å². The Labute approximate surface area is 194 Å². The predicted octanol–water partition coefficient (Wildman–Crippen LogP) is 4.18. The van der Waals surface area contributed by atoms with Crippen LogP contribution in [0.5, 0.6) is 0 Å². The topological polar surface area (TPSA) is 91.3 Å². The predicted molar refractivity (Wildman–Crippen MR) is 118 cm³/mol. The molecule has 31 heavy (non-hydrogen) atoms. The van der Waals surface area contributed by atoms with E-state index < -0.39 is 5.97 Å². The minimum Gasteiger partial charge on any atom is -0.619 e. The molecule has 0 aliphatic rings. The Kier molecular flexibility index (Phi) is 7.83. The summed E-state index contributed by atoms with van der Waals surface area (Å²) in [5.74, 6) is -0.150. The lowest BCUT2D eigenvalue weighted by molar-refractivity contribution is -0.605. The number of ether oxygens (including phenoxy) is 1. The van der Waals surface area contributed by atoms with Gasteiger partial charge in [0.1, 0.15) is 17.5 Å². The van der Waals surface area contributed by atoms with E-state index in [2.05, 4.69) is 4.98 Å². The molecule has 1 aromatic carbocycles. The van der Waals surface area contributed by atoms with Crippen LogP contribution in [0.15, 0.2) is 52.6 Å². The quantitative estimate of drug-likeness (QED) is 0.294. The van der Waals surface area contributed by atoms with E-state index in [1.165, 1.54) is 31.1 Å². The van der Waals surface area contributed by atoms with Crippen LogP contribution in [-0.2, 0) is 22.7 Å². The van der Waals surface area contributed by atoms with Crippen molar-refractivity contribution in [2.24, 2.45) is 0 Å². The number of esters is 1. The fourth-order valence-corrected chi connectivity index (χ4v) is 4.77. The number of pyridine rings is 1. The molecule has 7 nitrogen and oxygen atoms in total. The third-order valence-electron chi connectivity index (χ3n) is 4.43. The first-order valence-corrected chi connectivity index (χ1v) is 11.0. The minimum absolute atomic E-state index is 0.0221. The zero-order valence-corrected chi connectivity index (χ0v) is 19.2. The third kappa shape index (κ3) is 6.13. The van der Waals surface area contributed by atoms with Crippen LogP contribution in [0.2, 0.25) is 10.0 Å². The molecule has 0 radical (unpaired) electrons. The molecule has 2 aromatic heterocycles. The molecule has 0 amide bonds. The maximum Gasteiger partial charge on any atom is 0.303 e. The Balaban J connectivity index is 2.10. The van der Waals surface area contributed by atoms with Gasteiger partial charge in [-0.15, -0.1) is 0 Å². The number of carbonyl (C=O) groups excluding carboxylic acids is 1. The second kappa shape index (κ2) is 10.4. The molecular formula is C21H21Cl2N3O4S. The van der Waals surface area contributed by atoms with Crippen molar-refractivity contribution in [3.63, 3.8) is 0 Å². The number of aliphatic hydroxyl groups excluding tert-OH is 1. The molecule has 0 bridgehead atoms. The van der Waals surface area contributed by atoms with Crippen molar-refractivity contribution in [2.75, 3.05) is 6.61 Å². The summed E-state index contributed by atoms with van der Waals surface area (Å²) in [7, 11) is 0. The third-order valence-corrected chi connectivity index (χ3v) is 5.96. The van der Waals surface area contributed by atoms with E-state index in [1.54, 1.807) is 30.3 Å². The van der Waals surface area contributed by atoms with E-state index in [-0.39, 0.29) is 19.1 Å². The monoisotopic (exact) mass is 481 g/mol. The Morgan fingerprint density at radius 3 is 2.52 bits per heavy atom. The normalized spacial score (nSPS) is 12.0. The molecule has 2 heterocycles. The number of rotatable bonds is 8. The van der Waals surface area contributed by atoms with Gasteiger partial charge in [0.15, 0.2) is 12.4 Å². The fourth-order valence-electron chi connectivity index (χ4n) is 2.89. The van der Waals surface area contributed by atoms with Crippen molar-refractivity contribution in [2.45, 2.75) is 42.8 Å². The number of benzene rings is 1. The lowest BCUT2D eigenvalue weighted by Crippen LogP contribution is -2.24. The number of nitrogens with zero attached hydrogens (tertiary/aromatic N) is 3. The molecule has 0 fully saturated rings. The molecule has 3 rings (SSSR count). The van der Waals surface area contributed by atoms with Crippen LogP contribution in [0.25, 0.3) is 0 Å². The van der Waals surface area contributed by atoms with Gasteiger partial charge >= 0.3 is 5.97 Å². The van der Waals surface area contributed by atoms with E-state index in [0.717, 1.165) is 15.5 Å². The molecular weight excluding hydrogens is 461 g/mol. The van der Waals surface area contributed by atoms with Gasteiger partial charge in [-0.25, -0.2) is 4.98 Å². The van der Waals surface area contributed by atoms with Crippen LogP contribution in [0.3, 0.4) is 0 Å². The van der Waals surface area contributed by atoms with Crippen LogP contribution in [0.1, 0.15) is 36.8 Å². The van der Waals surface area contributed by atoms with Gasteiger partial charge in [0.05, 0.1) is 18.8 Å². The minimum atomic E-state index is -0.422. The maximum atomic E-state index is 11.4.